The number of benzene rings is 3. The van der Waals surface area contributed by atoms with Crippen molar-refractivity contribution in [2.45, 2.75) is 52.5 Å². The Bertz CT molecular complexity index is 1120. The van der Waals surface area contributed by atoms with E-state index < -0.39 is 0 Å². The average molecular weight is 464 g/mol. The molecule has 1 N–H and O–H groups in total. The maximum absolute atomic E-state index is 14.8. The average Bonchev–Trinajstić information content (AvgIpc) is 2.82. The molecule has 0 spiro atoms. The molecule has 0 aromatic heterocycles. The van der Waals surface area contributed by atoms with E-state index in [-0.39, 0.29) is 17.2 Å². The minimum absolute atomic E-state index is 0.143. The molecule has 3 aromatic rings. The lowest BCUT2D eigenvalue weighted by Gasteiger charge is -2.24. The van der Waals surface area contributed by atoms with Crippen LogP contribution in [0, 0.1) is 5.82 Å². The number of nitrogens with one attached hydrogen (secondary N) is 1. The molecule has 180 valence electrons. The van der Waals surface area contributed by atoms with E-state index in [9.17, 15) is 9.18 Å². The molecular weight excluding hydrogens is 429 g/mol. The topological polar surface area (TPSA) is 47.6 Å². The van der Waals surface area contributed by atoms with E-state index in [0.717, 1.165) is 27.9 Å². The van der Waals surface area contributed by atoms with Crippen LogP contribution in [0.3, 0.4) is 0 Å². The second-order valence-electron chi connectivity index (χ2n) is 9.33. The van der Waals surface area contributed by atoms with Gasteiger partial charge < -0.3 is 14.8 Å². The van der Waals surface area contributed by atoms with Gasteiger partial charge in [0.15, 0.2) is 0 Å². The zero-order valence-electron chi connectivity index (χ0n) is 20.7. The number of ether oxygens (including phenoxy) is 2. The van der Waals surface area contributed by atoms with Crippen molar-refractivity contribution >= 4 is 11.7 Å². The van der Waals surface area contributed by atoms with Gasteiger partial charge in [-0.15, -0.1) is 0 Å². The molecule has 0 aliphatic rings. The lowest BCUT2D eigenvalue weighted by atomic mass is 9.81. The van der Waals surface area contributed by atoms with Crippen molar-refractivity contribution in [2.75, 3.05) is 19.0 Å². The van der Waals surface area contributed by atoms with Crippen LogP contribution in [0.4, 0.5) is 10.1 Å². The molecule has 4 nitrogen and oxygen atoms in total. The van der Waals surface area contributed by atoms with Gasteiger partial charge in [0.25, 0.3) is 0 Å². The van der Waals surface area contributed by atoms with Crippen LogP contribution in [0.25, 0.3) is 11.1 Å². The number of anilines is 1. The van der Waals surface area contributed by atoms with Crippen LogP contribution in [0.2, 0.25) is 0 Å². The Hall–Kier alpha value is -3.34. The molecular formula is C29H34FNO3. The Balaban J connectivity index is 1.77. The molecule has 0 aliphatic heterocycles. The first-order chi connectivity index (χ1) is 16.2. The molecule has 34 heavy (non-hydrogen) atoms. The Labute approximate surface area is 202 Å². The van der Waals surface area contributed by atoms with E-state index in [2.05, 4.69) is 44.3 Å². The summed E-state index contributed by atoms with van der Waals surface area (Å²) in [5.41, 5.74) is 5.47. The number of hydrogen-bond donors (Lipinski definition) is 1. The van der Waals surface area contributed by atoms with E-state index in [1.807, 2.05) is 31.2 Å². The van der Waals surface area contributed by atoms with E-state index >= 15 is 0 Å². The molecule has 0 fully saturated rings. The van der Waals surface area contributed by atoms with Crippen molar-refractivity contribution in [3.8, 4) is 16.9 Å². The summed E-state index contributed by atoms with van der Waals surface area (Å²) < 4.78 is 25.2. The van der Waals surface area contributed by atoms with Crippen LogP contribution < -0.4 is 10.1 Å². The first kappa shape index (κ1) is 25.3. The van der Waals surface area contributed by atoms with Crippen LogP contribution >= 0.6 is 0 Å². The largest absolute Gasteiger partial charge is 0.497 e. The van der Waals surface area contributed by atoms with Gasteiger partial charge in [-0.05, 0) is 77.4 Å². The molecule has 0 saturated heterocycles. The lowest BCUT2D eigenvalue weighted by molar-refractivity contribution is -0.143. The first-order valence-electron chi connectivity index (χ1n) is 11.7. The molecule has 0 heterocycles. The molecule has 0 amide bonds. The Morgan fingerprint density at radius 1 is 0.941 bits per heavy atom. The smallest absolute Gasteiger partial charge is 0.306 e. The predicted octanol–water partition coefficient (Wildman–Crippen LogP) is 6.91. The molecule has 0 aliphatic carbocycles. The third-order valence-electron chi connectivity index (χ3n) is 5.73. The van der Waals surface area contributed by atoms with Gasteiger partial charge in [0.2, 0.25) is 0 Å². The normalized spacial score (nSPS) is 11.2. The van der Waals surface area contributed by atoms with Gasteiger partial charge in [-0.3, -0.25) is 4.79 Å². The second kappa shape index (κ2) is 11.2. The monoisotopic (exact) mass is 463 g/mol. The number of aryl methyl sites for hydroxylation is 1. The summed E-state index contributed by atoms with van der Waals surface area (Å²) in [5.74, 6) is 0.185. The SMILES string of the molecule is CCOC(=O)CCc1ccc(NCc2ccc(C(C)(C)C)c(-c3cc(OC)ccc3F)c2)cc1. The van der Waals surface area contributed by atoms with Gasteiger partial charge in [0, 0.05) is 24.2 Å². The zero-order chi connectivity index (χ0) is 24.7. The summed E-state index contributed by atoms with van der Waals surface area (Å²) in [6.07, 6.45) is 1.03. The molecule has 0 unspecified atom stereocenters. The highest BCUT2D eigenvalue weighted by molar-refractivity contribution is 5.72. The molecule has 0 atom stereocenters. The molecule has 5 heteroatoms. The fourth-order valence-corrected chi connectivity index (χ4v) is 3.89. The summed E-state index contributed by atoms with van der Waals surface area (Å²) in [6.45, 7) is 9.21. The number of esters is 1. The number of carbonyl (C=O) groups excluding carboxylic acids is 1. The third-order valence-corrected chi connectivity index (χ3v) is 5.73. The van der Waals surface area contributed by atoms with Gasteiger partial charge in [0.05, 0.1) is 13.7 Å². The summed E-state index contributed by atoms with van der Waals surface area (Å²) in [4.78, 5) is 11.6. The van der Waals surface area contributed by atoms with Gasteiger partial charge in [-0.25, -0.2) is 4.39 Å². The van der Waals surface area contributed by atoms with Gasteiger partial charge in [-0.1, -0.05) is 45.0 Å². The molecule has 3 rings (SSSR count). The second-order valence-corrected chi connectivity index (χ2v) is 9.33. The van der Waals surface area contributed by atoms with E-state index in [4.69, 9.17) is 9.47 Å². The standard InChI is InChI=1S/C29H34FNO3/c1-6-34-28(32)16-10-20-7-11-22(12-8-20)31-19-21-9-14-26(29(2,3)4)24(17-21)25-18-23(33-5)13-15-27(25)30/h7-9,11-15,17-18,31H,6,10,16,19H2,1-5H3. The fourth-order valence-electron chi connectivity index (χ4n) is 3.89. The van der Waals surface area contributed by atoms with Gasteiger partial charge in [-0.2, -0.15) is 0 Å². The van der Waals surface area contributed by atoms with Crippen molar-refractivity contribution in [3.05, 3.63) is 83.2 Å². The van der Waals surface area contributed by atoms with E-state index in [1.54, 1.807) is 19.2 Å². The highest BCUT2D eigenvalue weighted by Gasteiger charge is 2.21. The summed E-state index contributed by atoms with van der Waals surface area (Å²) >= 11 is 0. The Morgan fingerprint density at radius 2 is 1.65 bits per heavy atom. The highest BCUT2D eigenvalue weighted by Crippen LogP contribution is 2.36. The van der Waals surface area contributed by atoms with Crippen LogP contribution in [-0.2, 0) is 27.9 Å². The number of hydrogen-bond acceptors (Lipinski definition) is 4. The fraction of sp³-hybridized carbons (Fsp3) is 0.345. The minimum atomic E-state index is -0.269. The number of rotatable bonds is 9. The Kier molecular flexibility index (Phi) is 8.32. The van der Waals surface area contributed by atoms with E-state index in [0.29, 0.717) is 37.3 Å². The molecule has 3 aromatic carbocycles. The van der Waals surface area contributed by atoms with Gasteiger partial charge in [0.1, 0.15) is 11.6 Å². The van der Waals surface area contributed by atoms with Crippen molar-refractivity contribution in [3.63, 3.8) is 0 Å². The highest BCUT2D eigenvalue weighted by atomic mass is 19.1. The maximum Gasteiger partial charge on any atom is 0.306 e. The van der Waals surface area contributed by atoms with Crippen LogP contribution in [0.15, 0.2) is 60.7 Å². The molecule has 0 bridgehead atoms. The third kappa shape index (κ3) is 6.60. The summed E-state index contributed by atoms with van der Waals surface area (Å²) in [7, 11) is 1.59. The lowest BCUT2D eigenvalue weighted by Crippen LogP contribution is -2.14. The first-order valence-corrected chi connectivity index (χ1v) is 11.7. The van der Waals surface area contributed by atoms with Crippen LogP contribution in [-0.4, -0.2) is 19.7 Å². The molecule has 0 radical (unpaired) electrons. The number of carbonyl (C=O) groups is 1. The Morgan fingerprint density at radius 3 is 2.29 bits per heavy atom. The summed E-state index contributed by atoms with van der Waals surface area (Å²) in [6, 6.07) is 19.1. The van der Waals surface area contributed by atoms with Crippen molar-refractivity contribution < 1.29 is 18.7 Å². The van der Waals surface area contributed by atoms with Crippen LogP contribution in [0.1, 0.15) is 50.8 Å². The van der Waals surface area contributed by atoms with Crippen molar-refractivity contribution in [1.29, 1.82) is 0 Å². The van der Waals surface area contributed by atoms with Crippen molar-refractivity contribution in [2.24, 2.45) is 0 Å². The van der Waals surface area contributed by atoms with Gasteiger partial charge >= 0.3 is 5.97 Å². The number of halogens is 1. The van der Waals surface area contributed by atoms with E-state index in [1.165, 1.54) is 6.07 Å². The minimum Gasteiger partial charge on any atom is -0.497 e. The zero-order valence-corrected chi connectivity index (χ0v) is 20.7. The maximum atomic E-state index is 14.8. The predicted molar refractivity (Wildman–Crippen MR) is 136 cm³/mol. The van der Waals surface area contributed by atoms with Crippen molar-refractivity contribution in [1.82, 2.24) is 0 Å². The van der Waals surface area contributed by atoms with Crippen LogP contribution in [0.5, 0.6) is 5.75 Å². The number of methoxy groups -OCH3 is 1. The molecule has 0 saturated carbocycles. The summed E-state index contributed by atoms with van der Waals surface area (Å²) in [5, 5.41) is 3.44. The quantitative estimate of drug-likeness (QED) is 0.350.